The molecule has 0 aromatic heterocycles. The van der Waals surface area contributed by atoms with Gasteiger partial charge in [0.25, 0.3) is 0 Å². The smallest absolute Gasteiger partial charge is 0.00965 e. The van der Waals surface area contributed by atoms with Gasteiger partial charge in [-0.15, -0.1) is 0 Å². The largest absolute Gasteiger partial charge is 0.312 e. The Kier molecular flexibility index (Phi) is 5.87. The summed E-state index contributed by atoms with van der Waals surface area (Å²) in [6.07, 6.45) is 3.62. The van der Waals surface area contributed by atoms with Crippen molar-refractivity contribution < 1.29 is 0 Å². The molecule has 0 bridgehead atoms. The van der Waals surface area contributed by atoms with Crippen LogP contribution in [0, 0.1) is 0 Å². The van der Waals surface area contributed by atoms with E-state index in [1.165, 1.54) is 30.4 Å². The second kappa shape index (κ2) is 6.94. The van der Waals surface area contributed by atoms with Crippen molar-refractivity contribution in [1.82, 2.24) is 5.32 Å². The molecule has 0 radical (unpaired) electrons. The van der Waals surface area contributed by atoms with Crippen molar-refractivity contribution in [3.63, 3.8) is 0 Å². The molecule has 0 fully saturated rings. The summed E-state index contributed by atoms with van der Waals surface area (Å²) in [5, 5.41) is 3.55. The maximum absolute atomic E-state index is 3.55. The molecule has 1 aromatic rings. The third-order valence-electron chi connectivity index (χ3n) is 3.32. The SMILES string of the molecule is CCCc1ccc(C(C)CCNC(C)(C)C)cc1. The Hall–Kier alpha value is -0.820. The third-order valence-corrected chi connectivity index (χ3v) is 3.32. The van der Waals surface area contributed by atoms with Gasteiger partial charge in [0.05, 0.1) is 0 Å². The van der Waals surface area contributed by atoms with Gasteiger partial charge in [0, 0.05) is 5.54 Å². The first-order chi connectivity index (χ1) is 8.42. The molecule has 1 rings (SSSR count). The number of hydrogen-bond acceptors (Lipinski definition) is 1. The van der Waals surface area contributed by atoms with E-state index < -0.39 is 0 Å². The Morgan fingerprint density at radius 3 is 2.22 bits per heavy atom. The number of aryl methyl sites for hydroxylation is 1. The maximum atomic E-state index is 3.55. The van der Waals surface area contributed by atoms with E-state index in [4.69, 9.17) is 0 Å². The fourth-order valence-corrected chi connectivity index (χ4v) is 2.13. The molecule has 0 amide bonds. The van der Waals surface area contributed by atoms with Crippen LogP contribution in [0.2, 0.25) is 0 Å². The van der Waals surface area contributed by atoms with Gasteiger partial charge in [0.15, 0.2) is 0 Å². The van der Waals surface area contributed by atoms with Crippen LogP contribution in [0.4, 0.5) is 0 Å². The molecule has 0 aliphatic carbocycles. The molecular formula is C17H29N. The first kappa shape index (κ1) is 15.2. The number of nitrogens with one attached hydrogen (secondary N) is 1. The molecule has 0 saturated heterocycles. The van der Waals surface area contributed by atoms with Crippen LogP contribution in [-0.4, -0.2) is 12.1 Å². The Morgan fingerprint density at radius 1 is 1.11 bits per heavy atom. The summed E-state index contributed by atoms with van der Waals surface area (Å²) in [5.74, 6) is 0.635. The summed E-state index contributed by atoms with van der Waals surface area (Å²) in [6, 6.07) is 9.17. The minimum Gasteiger partial charge on any atom is -0.312 e. The van der Waals surface area contributed by atoms with Crippen molar-refractivity contribution in [3.8, 4) is 0 Å². The van der Waals surface area contributed by atoms with E-state index in [9.17, 15) is 0 Å². The van der Waals surface area contributed by atoms with Crippen LogP contribution in [-0.2, 0) is 6.42 Å². The fourth-order valence-electron chi connectivity index (χ4n) is 2.13. The Bertz CT molecular complexity index is 332. The fraction of sp³-hybridized carbons (Fsp3) is 0.647. The summed E-state index contributed by atoms with van der Waals surface area (Å²) in [6.45, 7) is 12.3. The lowest BCUT2D eigenvalue weighted by Crippen LogP contribution is -2.36. The van der Waals surface area contributed by atoms with Gasteiger partial charge in [-0.05, 0) is 57.2 Å². The van der Waals surface area contributed by atoms with Gasteiger partial charge in [-0.1, -0.05) is 44.5 Å². The highest BCUT2D eigenvalue weighted by Gasteiger charge is 2.10. The zero-order chi connectivity index (χ0) is 13.6. The third kappa shape index (κ3) is 5.68. The minimum atomic E-state index is 0.227. The van der Waals surface area contributed by atoms with Crippen LogP contribution in [0.15, 0.2) is 24.3 Å². The van der Waals surface area contributed by atoms with Crippen molar-refractivity contribution in [2.45, 2.75) is 65.3 Å². The van der Waals surface area contributed by atoms with Gasteiger partial charge in [0.1, 0.15) is 0 Å². The van der Waals surface area contributed by atoms with E-state index in [2.05, 4.69) is 64.2 Å². The van der Waals surface area contributed by atoms with Crippen molar-refractivity contribution >= 4 is 0 Å². The first-order valence-electron chi connectivity index (χ1n) is 7.26. The van der Waals surface area contributed by atoms with Gasteiger partial charge < -0.3 is 5.32 Å². The van der Waals surface area contributed by atoms with Gasteiger partial charge >= 0.3 is 0 Å². The average molecular weight is 247 g/mol. The maximum Gasteiger partial charge on any atom is 0.00965 e. The molecule has 1 unspecified atom stereocenters. The molecule has 1 atom stereocenters. The lowest BCUT2D eigenvalue weighted by Gasteiger charge is -2.22. The molecular weight excluding hydrogens is 218 g/mol. The van der Waals surface area contributed by atoms with E-state index >= 15 is 0 Å². The van der Waals surface area contributed by atoms with Gasteiger partial charge in [0.2, 0.25) is 0 Å². The molecule has 1 nitrogen and oxygen atoms in total. The molecule has 0 spiro atoms. The van der Waals surface area contributed by atoms with Crippen LogP contribution in [0.3, 0.4) is 0 Å². The summed E-state index contributed by atoms with van der Waals surface area (Å²) >= 11 is 0. The Balaban J connectivity index is 2.43. The highest BCUT2D eigenvalue weighted by Crippen LogP contribution is 2.19. The Morgan fingerprint density at radius 2 is 1.72 bits per heavy atom. The molecule has 0 aliphatic heterocycles. The Labute approximate surface area is 113 Å². The highest BCUT2D eigenvalue weighted by molar-refractivity contribution is 5.25. The summed E-state index contributed by atoms with van der Waals surface area (Å²) < 4.78 is 0. The second-order valence-corrected chi connectivity index (χ2v) is 6.36. The monoisotopic (exact) mass is 247 g/mol. The average Bonchev–Trinajstić information content (AvgIpc) is 2.28. The molecule has 0 heterocycles. The van der Waals surface area contributed by atoms with Crippen LogP contribution in [0.5, 0.6) is 0 Å². The quantitative estimate of drug-likeness (QED) is 0.779. The zero-order valence-electron chi connectivity index (χ0n) is 12.7. The molecule has 1 heteroatoms. The minimum absolute atomic E-state index is 0.227. The van der Waals surface area contributed by atoms with Crippen molar-refractivity contribution in [1.29, 1.82) is 0 Å². The number of benzene rings is 1. The molecule has 1 aromatic carbocycles. The molecule has 0 saturated carbocycles. The lowest BCUT2D eigenvalue weighted by atomic mass is 9.95. The predicted molar refractivity (Wildman–Crippen MR) is 81.2 cm³/mol. The second-order valence-electron chi connectivity index (χ2n) is 6.36. The zero-order valence-corrected chi connectivity index (χ0v) is 12.7. The van der Waals surface area contributed by atoms with E-state index in [0.29, 0.717) is 5.92 Å². The van der Waals surface area contributed by atoms with Crippen LogP contribution < -0.4 is 5.32 Å². The molecule has 1 N–H and O–H groups in total. The van der Waals surface area contributed by atoms with Gasteiger partial charge in [-0.2, -0.15) is 0 Å². The standard InChI is InChI=1S/C17H29N/c1-6-7-15-8-10-16(11-9-15)14(2)12-13-18-17(3,4)5/h8-11,14,18H,6-7,12-13H2,1-5H3. The van der Waals surface area contributed by atoms with E-state index in [0.717, 1.165) is 6.54 Å². The summed E-state index contributed by atoms with van der Waals surface area (Å²) in [7, 11) is 0. The van der Waals surface area contributed by atoms with E-state index in [1.54, 1.807) is 0 Å². The topological polar surface area (TPSA) is 12.0 Å². The van der Waals surface area contributed by atoms with Crippen molar-refractivity contribution in [2.24, 2.45) is 0 Å². The van der Waals surface area contributed by atoms with Crippen molar-refractivity contribution in [2.75, 3.05) is 6.54 Å². The predicted octanol–water partition coefficient (Wildman–Crippen LogP) is 4.52. The van der Waals surface area contributed by atoms with E-state index in [1.807, 2.05) is 0 Å². The van der Waals surface area contributed by atoms with Crippen LogP contribution in [0.25, 0.3) is 0 Å². The number of hydrogen-bond donors (Lipinski definition) is 1. The summed E-state index contributed by atoms with van der Waals surface area (Å²) in [4.78, 5) is 0. The first-order valence-corrected chi connectivity index (χ1v) is 7.26. The highest BCUT2D eigenvalue weighted by atomic mass is 14.9. The normalized spacial score (nSPS) is 13.6. The van der Waals surface area contributed by atoms with Crippen LogP contribution in [0.1, 0.15) is 64.5 Å². The summed E-state index contributed by atoms with van der Waals surface area (Å²) in [5.41, 5.74) is 3.15. The van der Waals surface area contributed by atoms with Gasteiger partial charge in [-0.25, -0.2) is 0 Å². The van der Waals surface area contributed by atoms with Gasteiger partial charge in [-0.3, -0.25) is 0 Å². The van der Waals surface area contributed by atoms with Crippen molar-refractivity contribution in [3.05, 3.63) is 35.4 Å². The van der Waals surface area contributed by atoms with Crippen LogP contribution >= 0.6 is 0 Å². The lowest BCUT2D eigenvalue weighted by molar-refractivity contribution is 0.413. The molecule has 102 valence electrons. The number of rotatable bonds is 6. The van der Waals surface area contributed by atoms with E-state index in [-0.39, 0.29) is 5.54 Å². The molecule has 18 heavy (non-hydrogen) atoms. The molecule has 0 aliphatic rings.